The summed E-state index contributed by atoms with van der Waals surface area (Å²) in [5.41, 5.74) is 6.61. The molecule has 5 heteroatoms. The Labute approximate surface area is 86.9 Å². The average molecular weight is 212 g/mol. The van der Waals surface area contributed by atoms with Crippen LogP contribution in [0.5, 0.6) is 0 Å². The van der Waals surface area contributed by atoms with Crippen LogP contribution in [0.25, 0.3) is 11.0 Å². The monoisotopic (exact) mass is 211 g/mol. The number of pyridine rings is 1. The van der Waals surface area contributed by atoms with Crippen molar-refractivity contribution < 1.29 is 4.79 Å². The van der Waals surface area contributed by atoms with E-state index in [1.54, 1.807) is 18.5 Å². The molecule has 14 heavy (non-hydrogen) atoms. The lowest BCUT2D eigenvalue weighted by molar-refractivity contribution is 0.100. The van der Waals surface area contributed by atoms with Crippen molar-refractivity contribution in [2.24, 2.45) is 5.73 Å². The highest BCUT2D eigenvalue weighted by molar-refractivity contribution is 6.07. The quantitative estimate of drug-likeness (QED) is 0.732. The first kappa shape index (κ1) is 10.7. The van der Waals surface area contributed by atoms with Gasteiger partial charge in [-0.1, -0.05) is 0 Å². The number of nitrogens with zero attached hydrogens (tertiary/aromatic N) is 1. The van der Waals surface area contributed by atoms with Gasteiger partial charge in [0.25, 0.3) is 0 Å². The molecule has 2 heterocycles. The van der Waals surface area contributed by atoms with Crippen LogP contribution >= 0.6 is 12.4 Å². The fourth-order valence-corrected chi connectivity index (χ4v) is 1.30. The number of fused-ring (bicyclic) bond motifs is 1. The van der Waals surface area contributed by atoms with Gasteiger partial charge in [-0.15, -0.1) is 12.4 Å². The molecule has 0 fully saturated rings. The second-order valence-corrected chi connectivity index (χ2v) is 2.73. The Kier molecular flexibility index (Phi) is 3.22. The van der Waals surface area contributed by atoms with E-state index >= 15 is 0 Å². The Hall–Kier alpha value is -1.39. The SMILES string of the molecule is Cl.NCC(=O)c1c[nH]c2ncccc12. The van der Waals surface area contributed by atoms with Crippen molar-refractivity contribution >= 4 is 29.2 Å². The zero-order valence-corrected chi connectivity index (χ0v) is 8.17. The van der Waals surface area contributed by atoms with E-state index in [1.807, 2.05) is 6.07 Å². The summed E-state index contributed by atoms with van der Waals surface area (Å²) in [4.78, 5) is 18.3. The number of rotatable bonds is 2. The van der Waals surface area contributed by atoms with Gasteiger partial charge in [0.1, 0.15) is 5.65 Å². The van der Waals surface area contributed by atoms with E-state index in [2.05, 4.69) is 9.97 Å². The minimum absolute atomic E-state index is 0. The number of aromatic amines is 1. The van der Waals surface area contributed by atoms with Crippen molar-refractivity contribution in [1.29, 1.82) is 0 Å². The molecule has 3 N–H and O–H groups in total. The molecule has 0 saturated heterocycles. The van der Waals surface area contributed by atoms with Gasteiger partial charge in [0.05, 0.1) is 6.54 Å². The standard InChI is InChI=1S/C9H9N3O.ClH/c10-4-8(13)7-5-12-9-6(7)2-1-3-11-9;/h1-3,5H,4,10H2,(H,11,12);1H. The third-order valence-electron chi connectivity index (χ3n) is 1.94. The van der Waals surface area contributed by atoms with Crippen molar-refractivity contribution in [3.63, 3.8) is 0 Å². The van der Waals surface area contributed by atoms with Crippen LogP contribution in [0.2, 0.25) is 0 Å². The first-order valence-corrected chi connectivity index (χ1v) is 3.98. The predicted molar refractivity (Wildman–Crippen MR) is 56.7 cm³/mol. The van der Waals surface area contributed by atoms with Crippen LogP contribution in [-0.4, -0.2) is 22.3 Å². The second-order valence-electron chi connectivity index (χ2n) is 2.73. The molecule has 0 saturated carbocycles. The van der Waals surface area contributed by atoms with Gasteiger partial charge in [0.2, 0.25) is 0 Å². The summed E-state index contributed by atoms with van der Waals surface area (Å²) >= 11 is 0. The Morgan fingerprint density at radius 2 is 2.36 bits per heavy atom. The summed E-state index contributed by atoms with van der Waals surface area (Å²) in [6.07, 6.45) is 3.32. The topological polar surface area (TPSA) is 71.8 Å². The number of nitrogens with one attached hydrogen (secondary N) is 1. The molecular weight excluding hydrogens is 202 g/mol. The van der Waals surface area contributed by atoms with E-state index in [-0.39, 0.29) is 24.7 Å². The first-order chi connectivity index (χ1) is 6.33. The van der Waals surface area contributed by atoms with Gasteiger partial charge in [-0.3, -0.25) is 4.79 Å². The normalized spacial score (nSPS) is 9.79. The summed E-state index contributed by atoms with van der Waals surface area (Å²) in [5, 5.41) is 0.831. The average Bonchev–Trinajstić information content (AvgIpc) is 2.60. The fraction of sp³-hybridized carbons (Fsp3) is 0.111. The van der Waals surface area contributed by atoms with Crippen LogP contribution in [0.4, 0.5) is 0 Å². The number of hydrogen-bond acceptors (Lipinski definition) is 3. The zero-order chi connectivity index (χ0) is 9.26. The van der Waals surface area contributed by atoms with Gasteiger partial charge >= 0.3 is 0 Å². The zero-order valence-electron chi connectivity index (χ0n) is 7.36. The summed E-state index contributed by atoms with van der Waals surface area (Å²) in [7, 11) is 0. The number of nitrogens with two attached hydrogens (primary N) is 1. The third kappa shape index (κ3) is 1.62. The smallest absolute Gasteiger partial charge is 0.178 e. The summed E-state index contributed by atoms with van der Waals surface area (Å²) < 4.78 is 0. The molecule has 0 radical (unpaired) electrons. The van der Waals surface area contributed by atoms with Gasteiger partial charge in [-0.2, -0.15) is 0 Å². The molecule has 0 aliphatic heterocycles. The minimum atomic E-state index is -0.0701. The molecular formula is C9H10ClN3O. The molecule has 2 aromatic rings. The Balaban J connectivity index is 0.000000980. The molecule has 2 rings (SSSR count). The number of carbonyl (C=O) groups excluding carboxylic acids is 1. The van der Waals surface area contributed by atoms with Gasteiger partial charge in [-0.05, 0) is 12.1 Å². The first-order valence-electron chi connectivity index (χ1n) is 3.98. The number of halogens is 1. The largest absolute Gasteiger partial charge is 0.345 e. The predicted octanol–water partition coefficient (Wildman–Crippen LogP) is 1.13. The molecule has 0 aromatic carbocycles. The summed E-state index contributed by atoms with van der Waals surface area (Å²) in [5.74, 6) is -0.0701. The van der Waals surface area contributed by atoms with Crippen molar-refractivity contribution in [2.75, 3.05) is 6.54 Å². The maximum absolute atomic E-state index is 11.3. The van der Waals surface area contributed by atoms with Gasteiger partial charge in [-0.25, -0.2) is 4.98 Å². The highest BCUT2D eigenvalue weighted by Crippen LogP contribution is 2.15. The molecule has 0 bridgehead atoms. The van der Waals surface area contributed by atoms with Crippen LogP contribution in [0.1, 0.15) is 10.4 Å². The van der Waals surface area contributed by atoms with Crippen LogP contribution in [0, 0.1) is 0 Å². The van der Waals surface area contributed by atoms with Crippen molar-refractivity contribution in [3.8, 4) is 0 Å². The molecule has 0 aliphatic carbocycles. The maximum atomic E-state index is 11.3. The lowest BCUT2D eigenvalue weighted by Crippen LogP contribution is -2.12. The number of ketones is 1. The molecule has 4 nitrogen and oxygen atoms in total. The number of hydrogen-bond donors (Lipinski definition) is 2. The lowest BCUT2D eigenvalue weighted by Gasteiger charge is -1.93. The van der Waals surface area contributed by atoms with E-state index in [4.69, 9.17) is 5.73 Å². The van der Waals surface area contributed by atoms with E-state index < -0.39 is 0 Å². The van der Waals surface area contributed by atoms with Crippen LogP contribution in [-0.2, 0) is 0 Å². The highest BCUT2D eigenvalue weighted by Gasteiger charge is 2.09. The van der Waals surface area contributed by atoms with Gasteiger partial charge < -0.3 is 10.7 Å². The van der Waals surface area contributed by atoms with Crippen LogP contribution in [0.3, 0.4) is 0 Å². The molecule has 2 aromatic heterocycles. The van der Waals surface area contributed by atoms with Crippen molar-refractivity contribution in [1.82, 2.24) is 9.97 Å². The van der Waals surface area contributed by atoms with Gasteiger partial charge in [0.15, 0.2) is 5.78 Å². The molecule has 0 spiro atoms. The Morgan fingerprint density at radius 1 is 1.57 bits per heavy atom. The fourth-order valence-electron chi connectivity index (χ4n) is 1.30. The summed E-state index contributed by atoms with van der Waals surface area (Å²) in [6.45, 7) is 0.0296. The molecule has 0 aliphatic rings. The van der Waals surface area contributed by atoms with Gasteiger partial charge in [0, 0.05) is 23.3 Å². The Morgan fingerprint density at radius 3 is 3.07 bits per heavy atom. The number of carbonyl (C=O) groups is 1. The highest BCUT2D eigenvalue weighted by atomic mass is 35.5. The molecule has 74 valence electrons. The number of Topliss-reactive ketones (excluding diaryl/α,β-unsaturated/α-hetero) is 1. The third-order valence-corrected chi connectivity index (χ3v) is 1.94. The van der Waals surface area contributed by atoms with E-state index in [1.165, 1.54) is 0 Å². The van der Waals surface area contributed by atoms with Crippen LogP contribution in [0.15, 0.2) is 24.5 Å². The van der Waals surface area contributed by atoms with Crippen molar-refractivity contribution in [3.05, 3.63) is 30.1 Å². The molecule has 0 amide bonds. The minimum Gasteiger partial charge on any atom is -0.345 e. The number of H-pyrrole nitrogens is 1. The van der Waals surface area contributed by atoms with E-state index in [9.17, 15) is 4.79 Å². The van der Waals surface area contributed by atoms with E-state index in [0.717, 1.165) is 11.0 Å². The second kappa shape index (κ2) is 4.21. The lowest BCUT2D eigenvalue weighted by atomic mass is 10.1. The molecule has 0 atom stereocenters. The molecule has 0 unspecified atom stereocenters. The Bertz CT molecular complexity index is 452. The van der Waals surface area contributed by atoms with Crippen LogP contribution < -0.4 is 5.73 Å². The summed E-state index contributed by atoms with van der Waals surface area (Å²) in [6, 6.07) is 3.64. The van der Waals surface area contributed by atoms with E-state index in [0.29, 0.717) is 5.56 Å². The number of aromatic nitrogens is 2. The van der Waals surface area contributed by atoms with Crippen molar-refractivity contribution in [2.45, 2.75) is 0 Å². The maximum Gasteiger partial charge on any atom is 0.178 e.